The molecular weight excluding hydrogens is 456 g/mol. The highest BCUT2D eigenvalue weighted by Crippen LogP contribution is 2.33. The molecule has 0 bridgehead atoms. The molecule has 0 aliphatic heterocycles. The Hall–Kier alpha value is -3.40. The van der Waals surface area contributed by atoms with Gasteiger partial charge in [-0.15, -0.1) is 0 Å². The second-order valence-corrected chi connectivity index (χ2v) is 9.83. The lowest BCUT2D eigenvalue weighted by Crippen LogP contribution is -2.33. The third-order valence-corrected chi connectivity index (χ3v) is 7.30. The first-order valence-electron chi connectivity index (χ1n) is 13.0. The number of aromatic nitrogens is 4. The number of fused-ring (bicyclic) bond motifs is 1. The number of carbonyl (C=O) groups excluding carboxylic acids is 1. The smallest absolute Gasteiger partial charge is 0.251 e. The van der Waals surface area contributed by atoms with Crippen LogP contribution in [0.25, 0.3) is 11.2 Å². The second kappa shape index (κ2) is 11.1. The number of benzene rings is 1. The van der Waals surface area contributed by atoms with E-state index < -0.39 is 0 Å². The monoisotopic (exact) mass is 492 g/mol. The van der Waals surface area contributed by atoms with E-state index in [1.165, 1.54) is 12.8 Å². The number of anilines is 2. The van der Waals surface area contributed by atoms with Crippen molar-refractivity contribution < 1.29 is 9.53 Å². The van der Waals surface area contributed by atoms with E-state index in [-0.39, 0.29) is 5.91 Å². The number of nitrogens with two attached hydrogens (primary N) is 1. The van der Waals surface area contributed by atoms with Gasteiger partial charge in [-0.25, -0.2) is 4.98 Å². The first kappa shape index (κ1) is 24.3. The van der Waals surface area contributed by atoms with Gasteiger partial charge in [-0.05, 0) is 62.8 Å². The summed E-state index contributed by atoms with van der Waals surface area (Å²) in [6.07, 6.45) is 10.7. The van der Waals surface area contributed by atoms with Gasteiger partial charge in [-0.3, -0.25) is 4.79 Å². The topological polar surface area (TPSA) is 132 Å². The van der Waals surface area contributed by atoms with Crippen LogP contribution in [-0.4, -0.2) is 57.7 Å². The predicted molar refractivity (Wildman–Crippen MR) is 140 cm³/mol. The van der Waals surface area contributed by atoms with E-state index in [2.05, 4.69) is 25.5 Å². The lowest BCUT2D eigenvalue weighted by Gasteiger charge is -2.27. The van der Waals surface area contributed by atoms with Crippen molar-refractivity contribution in [2.24, 2.45) is 5.73 Å². The molecule has 2 aliphatic carbocycles. The molecule has 0 saturated heterocycles. The van der Waals surface area contributed by atoms with Crippen molar-refractivity contribution in [2.75, 3.05) is 30.8 Å². The fraction of sp³-hybridized carbons (Fsp3) is 0.538. The van der Waals surface area contributed by atoms with E-state index in [1.807, 2.05) is 6.33 Å². The lowest BCUT2D eigenvalue weighted by atomic mass is 9.92. The third-order valence-electron chi connectivity index (χ3n) is 7.30. The Morgan fingerprint density at radius 1 is 1.06 bits per heavy atom. The maximum atomic E-state index is 12.5. The van der Waals surface area contributed by atoms with Crippen LogP contribution in [-0.2, 0) is 0 Å². The van der Waals surface area contributed by atoms with Crippen molar-refractivity contribution in [1.82, 2.24) is 24.8 Å². The average molecular weight is 493 g/mol. The molecule has 36 heavy (non-hydrogen) atoms. The molecule has 2 aromatic heterocycles. The fourth-order valence-corrected chi connectivity index (χ4v) is 5.20. The van der Waals surface area contributed by atoms with Crippen LogP contribution in [0.1, 0.15) is 67.8 Å². The molecule has 3 aromatic rings. The minimum atomic E-state index is -0.129. The van der Waals surface area contributed by atoms with Crippen LogP contribution in [0.5, 0.6) is 5.75 Å². The van der Waals surface area contributed by atoms with Crippen LogP contribution < -0.4 is 26.4 Å². The van der Waals surface area contributed by atoms with Crippen molar-refractivity contribution in [3.05, 3.63) is 36.2 Å². The second-order valence-electron chi connectivity index (χ2n) is 9.83. The van der Waals surface area contributed by atoms with Crippen LogP contribution in [0, 0.1) is 0 Å². The summed E-state index contributed by atoms with van der Waals surface area (Å²) in [5.41, 5.74) is 8.30. The number of nitrogens with one attached hydrogen (secondary N) is 3. The number of hydrogen-bond acceptors (Lipinski definition) is 8. The van der Waals surface area contributed by atoms with Gasteiger partial charge in [0.1, 0.15) is 5.75 Å². The number of ether oxygens (including phenoxy) is 1. The van der Waals surface area contributed by atoms with Crippen LogP contribution in [0.2, 0.25) is 0 Å². The highest BCUT2D eigenvalue weighted by molar-refractivity contribution is 5.94. The molecule has 0 radical (unpaired) electrons. The van der Waals surface area contributed by atoms with Crippen LogP contribution in [0.4, 0.5) is 11.8 Å². The Labute approximate surface area is 211 Å². The molecule has 2 saturated carbocycles. The van der Waals surface area contributed by atoms with Crippen LogP contribution in [0.15, 0.2) is 30.6 Å². The summed E-state index contributed by atoms with van der Waals surface area (Å²) in [5.74, 6) is 1.90. The van der Waals surface area contributed by atoms with Gasteiger partial charge in [0.2, 0.25) is 5.95 Å². The highest BCUT2D eigenvalue weighted by atomic mass is 16.5. The molecule has 1 amide bonds. The van der Waals surface area contributed by atoms with E-state index in [4.69, 9.17) is 20.4 Å². The number of carbonyl (C=O) groups is 1. The zero-order valence-corrected chi connectivity index (χ0v) is 20.9. The summed E-state index contributed by atoms with van der Waals surface area (Å²) in [6.45, 7) is 0.963. The summed E-state index contributed by atoms with van der Waals surface area (Å²) in [4.78, 5) is 26.8. The Morgan fingerprint density at radius 3 is 2.53 bits per heavy atom. The number of hydrogen-bond donors (Lipinski definition) is 4. The zero-order valence-electron chi connectivity index (χ0n) is 20.9. The van der Waals surface area contributed by atoms with Crippen molar-refractivity contribution >= 4 is 28.8 Å². The van der Waals surface area contributed by atoms with E-state index in [0.29, 0.717) is 48.5 Å². The van der Waals surface area contributed by atoms with Gasteiger partial charge in [0.15, 0.2) is 17.0 Å². The number of nitrogens with zero attached hydrogens (tertiary/aromatic N) is 4. The predicted octanol–water partition coefficient (Wildman–Crippen LogP) is 3.47. The van der Waals surface area contributed by atoms with Gasteiger partial charge < -0.3 is 31.0 Å². The van der Waals surface area contributed by atoms with Crippen molar-refractivity contribution in [2.45, 2.75) is 69.5 Å². The SMILES string of the molecule is COc1ccc(C(=O)NCCNc2nc(N[C@H]3CC[C@H](N)CC3)nc3c2ncn3C2CCCC2)cc1. The molecule has 10 nitrogen and oxygen atoms in total. The van der Waals surface area contributed by atoms with E-state index in [0.717, 1.165) is 55.4 Å². The number of amides is 1. The summed E-state index contributed by atoms with van der Waals surface area (Å²) in [5, 5.41) is 9.87. The fourth-order valence-electron chi connectivity index (χ4n) is 5.20. The molecule has 0 atom stereocenters. The first-order valence-corrected chi connectivity index (χ1v) is 13.0. The molecule has 0 spiro atoms. The average Bonchev–Trinajstić information content (AvgIpc) is 3.58. The van der Waals surface area contributed by atoms with E-state index >= 15 is 0 Å². The number of imidazole rings is 1. The summed E-state index contributed by atoms with van der Waals surface area (Å²) in [6, 6.07) is 8.10. The standard InChI is InChI=1S/C26H36N8O2/c1-36-21-12-6-17(7-13-21)25(35)29-15-14-28-23-22-24(34(16-30-22)20-4-2-3-5-20)33-26(32-23)31-19-10-8-18(27)9-11-19/h6-7,12-13,16,18-20H,2-5,8-11,14-15,27H2,1H3,(H,29,35)(H2,28,31,32,33)/t18-,19-. The molecule has 2 fully saturated rings. The molecule has 10 heteroatoms. The molecule has 2 heterocycles. The Bertz CT molecular complexity index is 1160. The highest BCUT2D eigenvalue weighted by Gasteiger charge is 2.23. The molecule has 192 valence electrons. The van der Waals surface area contributed by atoms with Gasteiger partial charge in [-0.1, -0.05) is 12.8 Å². The minimum absolute atomic E-state index is 0.129. The van der Waals surface area contributed by atoms with Gasteiger partial charge >= 0.3 is 0 Å². The lowest BCUT2D eigenvalue weighted by molar-refractivity contribution is 0.0955. The molecule has 5 N–H and O–H groups in total. The van der Waals surface area contributed by atoms with Gasteiger partial charge in [0.25, 0.3) is 5.91 Å². The largest absolute Gasteiger partial charge is 0.497 e. The Morgan fingerprint density at radius 2 is 1.81 bits per heavy atom. The first-order chi connectivity index (χ1) is 17.6. The van der Waals surface area contributed by atoms with Crippen molar-refractivity contribution in [3.63, 3.8) is 0 Å². The van der Waals surface area contributed by atoms with Crippen LogP contribution >= 0.6 is 0 Å². The Kier molecular flexibility index (Phi) is 7.50. The summed E-state index contributed by atoms with van der Waals surface area (Å²) in [7, 11) is 1.60. The van der Waals surface area contributed by atoms with E-state index in [9.17, 15) is 4.79 Å². The Balaban J connectivity index is 1.28. The molecular formula is C26H36N8O2. The normalized spacial score (nSPS) is 20.4. The minimum Gasteiger partial charge on any atom is -0.497 e. The molecule has 1 aromatic carbocycles. The van der Waals surface area contributed by atoms with Crippen LogP contribution in [0.3, 0.4) is 0 Å². The van der Waals surface area contributed by atoms with Crippen molar-refractivity contribution in [3.8, 4) is 5.75 Å². The third kappa shape index (κ3) is 5.53. The maximum Gasteiger partial charge on any atom is 0.251 e. The van der Waals surface area contributed by atoms with E-state index in [1.54, 1.807) is 31.4 Å². The molecule has 2 aliphatic rings. The quantitative estimate of drug-likeness (QED) is 0.334. The van der Waals surface area contributed by atoms with Gasteiger partial charge in [-0.2, -0.15) is 9.97 Å². The maximum absolute atomic E-state index is 12.5. The van der Waals surface area contributed by atoms with Gasteiger partial charge in [0, 0.05) is 36.8 Å². The number of methoxy groups -OCH3 is 1. The van der Waals surface area contributed by atoms with Crippen molar-refractivity contribution in [1.29, 1.82) is 0 Å². The summed E-state index contributed by atoms with van der Waals surface area (Å²) >= 11 is 0. The zero-order chi connectivity index (χ0) is 24.9. The van der Waals surface area contributed by atoms with Gasteiger partial charge in [0.05, 0.1) is 13.4 Å². The summed E-state index contributed by atoms with van der Waals surface area (Å²) < 4.78 is 7.37. The molecule has 5 rings (SSSR count). The molecule has 0 unspecified atom stereocenters. The number of rotatable bonds is 9.